The Morgan fingerprint density at radius 2 is 1.64 bits per heavy atom. The molecule has 1 aliphatic heterocycles. The average molecular weight is 453 g/mol. The lowest BCUT2D eigenvalue weighted by atomic mass is 10.0. The van der Waals surface area contributed by atoms with Gasteiger partial charge in [0, 0.05) is 31.5 Å². The van der Waals surface area contributed by atoms with Crippen molar-refractivity contribution in [1.29, 1.82) is 0 Å². The molecule has 176 valence electrons. The molecule has 0 radical (unpaired) electrons. The molecule has 0 unspecified atom stereocenters. The van der Waals surface area contributed by atoms with Crippen molar-refractivity contribution in [2.45, 2.75) is 33.6 Å². The second-order valence-electron chi connectivity index (χ2n) is 7.52. The SMILES string of the molecule is CCCOc1ccc(C2=C(Nc3cccc(OCC)c3)C(=O)N(CCCOCC)C2=O)cc1. The fourth-order valence-corrected chi connectivity index (χ4v) is 3.54. The number of anilines is 1. The van der Waals surface area contributed by atoms with E-state index in [1.807, 2.05) is 69.3 Å². The third-order valence-corrected chi connectivity index (χ3v) is 5.07. The second-order valence-corrected chi connectivity index (χ2v) is 7.52. The smallest absolute Gasteiger partial charge is 0.278 e. The van der Waals surface area contributed by atoms with E-state index in [0.29, 0.717) is 62.0 Å². The molecule has 0 aliphatic carbocycles. The number of amides is 2. The molecule has 1 aliphatic rings. The van der Waals surface area contributed by atoms with Crippen LogP contribution in [0.3, 0.4) is 0 Å². The number of carbonyl (C=O) groups is 2. The molecule has 0 atom stereocenters. The maximum Gasteiger partial charge on any atom is 0.278 e. The number of nitrogens with one attached hydrogen (secondary N) is 1. The molecule has 7 heteroatoms. The number of ether oxygens (including phenoxy) is 3. The molecule has 0 aromatic heterocycles. The monoisotopic (exact) mass is 452 g/mol. The third kappa shape index (κ3) is 6.14. The first-order valence-corrected chi connectivity index (χ1v) is 11.5. The van der Waals surface area contributed by atoms with Crippen molar-refractivity contribution in [1.82, 2.24) is 4.90 Å². The minimum absolute atomic E-state index is 0.257. The van der Waals surface area contributed by atoms with E-state index in [1.54, 1.807) is 0 Å². The molecule has 0 spiro atoms. The maximum absolute atomic E-state index is 13.3. The summed E-state index contributed by atoms with van der Waals surface area (Å²) in [4.78, 5) is 27.9. The fraction of sp³-hybridized carbons (Fsp3) is 0.385. The van der Waals surface area contributed by atoms with E-state index in [0.717, 1.165) is 12.2 Å². The summed E-state index contributed by atoms with van der Waals surface area (Å²) in [6.45, 7) is 8.41. The lowest BCUT2D eigenvalue weighted by Crippen LogP contribution is -2.34. The fourth-order valence-electron chi connectivity index (χ4n) is 3.54. The van der Waals surface area contributed by atoms with E-state index < -0.39 is 0 Å². The van der Waals surface area contributed by atoms with Crippen molar-refractivity contribution < 1.29 is 23.8 Å². The van der Waals surface area contributed by atoms with Gasteiger partial charge in [0.25, 0.3) is 11.8 Å². The molecule has 7 nitrogen and oxygen atoms in total. The number of nitrogens with zero attached hydrogens (tertiary/aromatic N) is 1. The van der Waals surface area contributed by atoms with Gasteiger partial charge in [0.15, 0.2) is 0 Å². The van der Waals surface area contributed by atoms with Crippen LogP contribution in [-0.4, -0.2) is 49.7 Å². The van der Waals surface area contributed by atoms with E-state index in [9.17, 15) is 9.59 Å². The van der Waals surface area contributed by atoms with Crippen molar-refractivity contribution in [3.05, 3.63) is 59.8 Å². The van der Waals surface area contributed by atoms with Crippen LogP contribution in [0.4, 0.5) is 5.69 Å². The van der Waals surface area contributed by atoms with Gasteiger partial charge in [-0.15, -0.1) is 0 Å². The van der Waals surface area contributed by atoms with Crippen LogP contribution in [0.25, 0.3) is 5.57 Å². The van der Waals surface area contributed by atoms with Gasteiger partial charge in [0.2, 0.25) is 0 Å². The van der Waals surface area contributed by atoms with Crippen molar-refractivity contribution in [2.75, 3.05) is 38.3 Å². The van der Waals surface area contributed by atoms with Crippen LogP contribution in [0.5, 0.6) is 11.5 Å². The number of rotatable bonds is 13. The minimum atomic E-state index is -0.348. The highest BCUT2D eigenvalue weighted by molar-refractivity contribution is 6.36. The quantitative estimate of drug-likeness (QED) is 0.356. The van der Waals surface area contributed by atoms with E-state index in [4.69, 9.17) is 14.2 Å². The van der Waals surface area contributed by atoms with Crippen LogP contribution < -0.4 is 14.8 Å². The Balaban J connectivity index is 1.91. The van der Waals surface area contributed by atoms with Gasteiger partial charge in [0.05, 0.1) is 18.8 Å². The molecule has 0 fully saturated rings. The molecule has 2 aromatic rings. The normalized spacial score (nSPS) is 13.6. The molecule has 2 aromatic carbocycles. The average Bonchev–Trinajstić information content (AvgIpc) is 3.05. The lowest BCUT2D eigenvalue weighted by Gasteiger charge is -2.15. The summed E-state index contributed by atoms with van der Waals surface area (Å²) in [5.41, 5.74) is 1.94. The van der Waals surface area contributed by atoms with Crippen molar-refractivity contribution in [2.24, 2.45) is 0 Å². The van der Waals surface area contributed by atoms with E-state index in [1.165, 1.54) is 4.90 Å². The van der Waals surface area contributed by atoms with Gasteiger partial charge in [-0.3, -0.25) is 14.5 Å². The van der Waals surface area contributed by atoms with Crippen LogP contribution in [0.15, 0.2) is 54.2 Å². The zero-order valence-electron chi connectivity index (χ0n) is 19.6. The van der Waals surface area contributed by atoms with Crippen LogP contribution >= 0.6 is 0 Å². The summed E-state index contributed by atoms with van der Waals surface area (Å²) >= 11 is 0. The lowest BCUT2D eigenvalue weighted by molar-refractivity contribution is -0.137. The zero-order valence-corrected chi connectivity index (χ0v) is 19.6. The molecule has 1 N–H and O–H groups in total. The zero-order chi connectivity index (χ0) is 23.6. The van der Waals surface area contributed by atoms with Crippen LogP contribution in [0.1, 0.15) is 39.2 Å². The number of benzene rings is 2. The second kappa shape index (κ2) is 12.1. The molecule has 0 saturated heterocycles. The Kier molecular flexibility index (Phi) is 8.89. The van der Waals surface area contributed by atoms with Gasteiger partial charge < -0.3 is 19.5 Å². The molecule has 1 heterocycles. The Morgan fingerprint density at radius 3 is 2.33 bits per heavy atom. The highest BCUT2D eigenvalue weighted by atomic mass is 16.5. The summed E-state index contributed by atoms with van der Waals surface area (Å²) < 4.78 is 16.6. The topological polar surface area (TPSA) is 77.1 Å². The van der Waals surface area contributed by atoms with Crippen molar-refractivity contribution >= 4 is 23.1 Å². The van der Waals surface area contributed by atoms with E-state index in [-0.39, 0.29) is 17.5 Å². The first-order chi connectivity index (χ1) is 16.1. The van der Waals surface area contributed by atoms with Crippen molar-refractivity contribution in [3.63, 3.8) is 0 Å². The van der Waals surface area contributed by atoms with Gasteiger partial charge >= 0.3 is 0 Å². The van der Waals surface area contributed by atoms with Gasteiger partial charge in [-0.1, -0.05) is 25.1 Å². The van der Waals surface area contributed by atoms with Gasteiger partial charge in [-0.05, 0) is 56.5 Å². The summed E-state index contributed by atoms with van der Waals surface area (Å²) in [5.74, 6) is 0.750. The predicted molar refractivity (Wildman–Crippen MR) is 128 cm³/mol. The third-order valence-electron chi connectivity index (χ3n) is 5.07. The van der Waals surface area contributed by atoms with Crippen LogP contribution in [0.2, 0.25) is 0 Å². The van der Waals surface area contributed by atoms with Gasteiger partial charge in [0.1, 0.15) is 17.2 Å². The van der Waals surface area contributed by atoms with Crippen LogP contribution in [0, 0.1) is 0 Å². The van der Waals surface area contributed by atoms with E-state index in [2.05, 4.69) is 5.32 Å². The Hall–Kier alpha value is -3.32. The predicted octanol–water partition coefficient (Wildman–Crippen LogP) is 4.49. The number of imide groups is 1. The molecule has 3 rings (SSSR count). The summed E-state index contributed by atoms with van der Waals surface area (Å²) in [7, 11) is 0. The molecule has 33 heavy (non-hydrogen) atoms. The van der Waals surface area contributed by atoms with Crippen LogP contribution in [-0.2, 0) is 14.3 Å². The Labute approximate surface area is 195 Å². The van der Waals surface area contributed by atoms with Crippen molar-refractivity contribution in [3.8, 4) is 11.5 Å². The highest BCUT2D eigenvalue weighted by Gasteiger charge is 2.38. The first-order valence-electron chi connectivity index (χ1n) is 11.5. The number of carbonyl (C=O) groups excluding carboxylic acids is 2. The molecular formula is C26H32N2O5. The summed E-state index contributed by atoms with van der Waals surface area (Å²) in [5, 5.41) is 3.17. The number of hydrogen-bond donors (Lipinski definition) is 1. The standard InChI is InChI=1S/C26H32N2O5/c1-4-16-33-21-13-11-19(12-14-21)23-24(27-20-9-7-10-22(18-20)32-6-3)26(30)28(25(23)29)15-8-17-31-5-2/h7,9-14,18,27H,4-6,8,15-17H2,1-3H3. The summed E-state index contributed by atoms with van der Waals surface area (Å²) in [6, 6.07) is 14.6. The summed E-state index contributed by atoms with van der Waals surface area (Å²) in [6.07, 6.45) is 1.49. The molecule has 2 amide bonds. The highest BCUT2D eigenvalue weighted by Crippen LogP contribution is 2.32. The number of hydrogen-bond acceptors (Lipinski definition) is 6. The van der Waals surface area contributed by atoms with E-state index >= 15 is 0 Å². The minimum Gasteiger partial charge on any atom is -0.494 e. The largest absolute Gasteiger partial charge is 0.494 e. The molecule has 0 saturated carbocycles. The maximum atomic E-state index is 13.3. The Morgan fingerprint density at radius 1 is 0.848 bits per heavy atom. The molecular weight excluding hydrogens is 420 g/mol. The Bertz CT molecular complexity index is 984. The molecule has 0 bridgehead atoms. The van der Waals surface area contributed by atoms with Gasteiger partial charge in [-0.25, -0.2) is 0 Å². The first kappa shape index (κ1) is 24.3. The van der Waals surface area contributed by atoms with Gasteiger partial charge in [-0.2, -0.15) is 0 Å².